The van der Waals surface area contributed by atoms with Crippen molar-refractivity contribution in [2.75, 3.05) is 26.2 Å². The van der Waals surface area contributed by atoms with Gasteiger partial charge >= 0.3 is 0 Å². The number of sulfonamides is 1. The lowest BCUT2D eigenvalue weighted by molar-refractivity contribution is -0.387. The van der Waals surface area contributed by atoms with E-state index < -0.39 is 20.6 Å². The lowest BCUT2D eigenvalue weighted by Gasteiger charge is -2.35. The van der Waals surface area contributed by atoms with Gasteiger partial charge in [0.05, 0.1) is 4.92 Å². The Morgan fingerprint density at radius 3 is 2.42 bits per heavy atom. The summed E-state index contributed by atoms with van der Waals surface area (Å²) < 4.78 is 26.7. The van der Waals surface area contributed by atoms with Crippen LogP contribution in [0, 0.1) is 10.1 Å². The molecule has 1 aliphatic carbocycles. The fraction of sp³-hybridized carbons (Fsp3) is 0.500. The van der Waals surface area contributed by atoms with E-state index in [1.165, 1.54) is 28.6 Å². The SMILES string of the molecule is O=[N+]([O-])c1ccccc1S(=O)(=O)N1CCN(C(=S)NC2CC2)CC1. The van der Waals surface area contributed by atoms with Crippen LogP contribution in [0.15, 0.2) is 29.2 Å². The maximum atomic E-state index is 12.7. The molecule has 0 amide bonds. The van der Waals surface area contributed by atoms with E-state index in [1.807, 2.05) is 4.90 Å². The van der Waals surface area contributed by atoms with Crippen molar-refractivity contribution >= 4 is 33.0 Å². The van der Waals surface area contributed by atoms with Gasteiger partial charge in [-0.25, -0.2) is 8.42 Å². The van der Waals surface area contributed by atoms with Crippen molar-refractivity contribution in [1.82, 2.24) is 14.5 Å². The van der Waals surface area contributed by atoms with Crippen LogP contribution >= 0.6 is 12.2 Å². The third-order valence-electron chi connectivity index (χ3n) is 4.11. The van der Waals surface area contributed by atoms with Crippen molar-refractivity contribution in [3.05, 3.63) is 34.4 Å². The fourth-order valence-electron chi connectivity index (χ4n) is 2.59. The summed E-state index contributed by atoms with van der Waals surface area (Å²) in [6.45, 7) is 1.44. The minimum Gasteiger partial charge on any atom is -0.360 e. The van der Waals surface area contributed by atoms with E-state index in [-0.39, 0.29) is 18.0 Å². The second-order valence-electron chi connectivity index (χ2n) is 5.84. The van der Waals surface area contributed by atoms with Gasteiger partial charge in [-0.05, 0) is 31.1 Å². The molecule has 2 fully saturated rings. The minimum atomic E-state index is -3.90. The number of thiocarbonyl (C=S) groups is 1. The zero-order valence-corrected chi connectivity index (χ0v) is 14.6. The number of nitrogens with one attached hydrogen (secondary N) is 1. The largest absolute Gasteiger partial charge is 0.360 e. The summed E-state index contributed by atoms with van der Waals surface area (Å²) in [6.07, 6.45) is 2.23. The lowest BCUT2D eigenvalue weighted by atomic mass is 10.3. The van der Waals surface area contributed by atoms with Gasteiger partial charge in [0.1, 0.15) is 0 Å². The molecule has 10 heteroatoms. The molecule has 2 aliphatic rings. The first kappa shape index (κ1) is 17.1. The molecule has 3 rings (SSSR count). The van der Waals surface area contributed by atoms with E-state index >= 15 is 0 Å². The molecular formula is C14H18N4O4S2. The molecule has 24 heavy (non-hydrogen) atoms. The van der Waals surface area contributed by atoms with Crippen LogP contribution in [0.25, 0.3) is 0 Å². The van der Waals surface area contributed by atoms with Gasteiger partial charge in [0.15, 0.2) is 10.0 Å². The molecule has 1 saturated heterocycles. The molecule has 8 nitrogen and oxygen atoms in total. The van der Waals surface area contributed by atoms with Gasteiger partial charge in [0.25, 0.3) is 5.69 Å². The summed E-state index contributed by atoms with van der Waals surface area (Å²) in [5, 5.41) is 15.0. The average Bonchev–Trinajstić information content (AvgIpc) is 3.39. The number of piperazine rings is 1. The van der Waals surface area contributed by atoms with Gasteiger partial charge in [-0.1, -0.05) is 12.1 Å². The molecule has 0 radical (unpaired) electrons. The number of nitrogens with zero attached hydrogens (tertiary/aromatic N) is 3. The second kappa shape index (κ2) is 6.61. The molecule has 1 aromatic rings. The third kappa shape index (κ3) is 3.50. The van der Waals surface area contributed by atoms with Gasteiger partial charge in [-0.3, -0.25) is 10.1 Å². The van der Waals surface area contributed by atoms with Gasteiger partial charge in [0.2, 0.25) is 10.0 Å². The summed E-state index contributed by atoms with van der Waals surface area (Å²) in [5.41, 5.74) is -0.397. The molecule has 0 unspecified atom stereocenters. The minimum absolute atomic E-state index is 0.251. The lowest BCUT2D eigenvalue weighted by Crippen LogP contribution is -2.53. The Kier molecular flexibility index (Phi) is 4.70. The van der Waals surface area contributed by atoms with Crippen LogP contribution in [-0.2, 0) is 10.0 Å². The van der Waals surface area contributed by atoms with E-state index in [0.717, 1.165) is 12.8 Å². The van der Waals surface area contributed by atoms with Gasteiger partial charge < -0.3 is 10.2 Å². The fourth-order valence-corrected chi connectivity index (χ4v) is 4.52. The normalized spacial score (nSPS) is 19.1. The molecule has 1 N–H and O–H groups in total. The maximum absolute atomic E-state index is 12.7. The highest BCUT2D eigenvalue weighted by Gasteiger charge is 2.34. The van der Waals surface area contributed by atoms with Crippen LogP contribution < -0.4 is 5.32 Å². The molecule has 1 aromatic carbocycles. The zero-order chi connectivity index (χ0) is 17.3. The Hall–Kier alpha value is -1.78. The van der Waals surface area contributed by atoms with Gasteiger partial charge in [0, 0.05) is 38.3 Å². The standard InChI is InChI=1S/C14H18N4O4S2/c19-18(20)12-3-1-2-4-13(12)24(21,22)17-9-7-16(8-10-17)14(23)15-11-5-6-11/h1-4,11H,5-10H2,(H,15,23). The zero-order valence-electron chi connectivity index (χ0n) is 12.9. The van der Waals surface area contributed by atoms with E-state index in [1.54, 1.807) is 0 Å². The van der Waals surface area contributed by atoms with Crippen molar-refractivity contribution < 1.29 is 13.3 Å². The summed E-state index contributed by atoms with van der Waals surface area (Å²) in [4.78, 5) is 12.1. The predicted octanol–water partition coefficient (Wildman–Crippen LogP) is 0.938. The van der Waals surface area contributed by atoms with Crippen molar-refractivity contribution in [3.8, 4) is 0 Å². The van der Waals surface area contributed by atoms with Crippen molar-refractivity contribution in [2.45, 2.75) is 23.8 Å². The van der Waals surface area contributed by atoms with Crippen LogP contribution in [0.2, 0.25) is 0 Å². The summed E-state index contributed by atoms with van der Waals surface area (Å²) in [5.74, 6) is 0. The first-order valence-corrected chi connectivity index (χ1v) is 9.53. The number of nitro groups is 1. The quantitative estimate of drug-likeness (QED) is 0.479. The third-order valence-corrected chi connectivity index (χ3v) is 6.43. The predicted molar refractivity (Wildman–Crippen MR) is 92.2 cm³/mol. The highest BCUT2D eigenvalue weighted by atomic mass is 32.2. The van der Waals surface area contributed by atoms with Crippen molar-refractivity contribution in [2.24, 2.45) is 0 Å². The smallest absolute Gasteiger partial charge is 0.289 e. The van der Waals surface area contributed by atoms with Crippen LogP contribution in [0.5, 0.6) is 0 Å². The van der Waals surface area contributed by atoms with E-state index in [2.05, 4.69) is 5.32 Å². The Morgan fingerprint density at radius 2 is 1.83 bits per heavy atom. The molecule has 0 atom stereocenters. The second-order valence-corrected chi connectivity index (χ2v) is 8.13. The molecule has 130 valence electrons. The van der Waals surface area contributed by atoms with Crippen molar-refractivity contribution in [3.63, 3.8) is 0 Å². The highest BCUT2D eigenvalue weighted by molar-refractivity contribution is 7.89. The van der Waals surface area contributed by atoms with Crippen LogP contribution in [0.4, 0.5) is 5.69 Å². The Bertz CT molecular complexity index is 756. The topological polar surface area (TPSA) is 95.8 Å². The number of benzene rings is 1. The number of para-hydroxylation sites is 1. The van der Waals surface area contributed by atoms with E-state index in [9.17, 15) is 18.5 Å². The van der Waals surface area contributed by atoms with Crippen LogP contribution in [-0.4, -0.2) is 59.9 Å². The van der Waals surface area contributed by atoms with Crippen LogP contribution in [0.1, 0.15) is 12.8 Å². The molecule has 1 saturated carbocycles. The Morgan fingerprint density at radius 1 is 1.21 bits per heavy atom. The first-order valence-electron chi connectivity index (χ1n) is 7.68. The number of rotatable bonds is 4. The van der Waals surface area contributed by atoms with Gasteiger partial charge in [-0.2, -0.15) is 4.31 Å². The van der Waals surface area contributed by atoms with Gasteiger partial charge in [-0.15, -0.1) is 0 Å². The summed E-state index contributed by atoms with van der Waals surface area (Å²) in [7, 11) is -3.90. The number of hydrogen-bond acceptors (Lipinski definition) is 5. The highest BCUT2D eigenvalue weighted by Crippen LogP contribution is 2.27. The monoisotopic (exact) mass is 370 g/mol. The first-order chi connectivity index (χ1) is 11.4. The Labute approximate surface area is 145 Å². The molecule has 0 aromatic heterocycles. The summed E-state index contributed by atoms with van der Waals surface area (Å²) in [6, 6.07) is 5.88. The maximum Gasteiger partial charge on any atom is 0.289 e. The summed E-state index contributed by atoms with van der Waals surface area (Å²) >= 11 is 5.33. The van der Waals surface area contributed by atoms with Crippen molar-refractivity contribution in [1.29, 1.82) is 0 Å². The molecule has 0 spiro atoms. The molecule has 0 bridgehead atoms. The molecular weight excluding hydrogens is 352 g/mol. The van der Waals surface area contributed by atoms with E-state index in [4.69, 9.17) is 12.2 Å². The average molecular weight is 370 g/mol. The molecule has 1 aliphatic heterocycles. The number of nitro benzene ring substituents is 1. The van der Waals surface area contributed by atoms with E-state index in [0.29, 0.717) is 24.2 Å². The number of hydrogen-bond donors (Lipinski definition) is 1. The Balaban J connectivity index is 1.71. The van der Waals surface area contributed by atoms with Crippen LogP contribution in [0.3, 0.4) is 0 Å². The molecule has 1 heterocycles.